The van der Waals surface area contributed by atoms with E-state index in [1.165, 1.54) is 12.1 Å². The zero-order chi connectivity index (χ0) is 10.8. The molecule has 2 rings (SSSR count). The molecule has 0 radical (unpaired) electrons. The normalized spacial score (nSPS) is 19.5. The van der Waals surface area contributed by atoms with Gasteiger partial charge in [-0.05, 0) is 24.3 Å². The van der Waals surface area contributed by atoms with Crippen LogP contribution in [0.25, 0.3) is 0 Å². The molecule has 5 nitrogen and oxygen atoms in total. The van der Waals surface area contributed by atoms with Crippen molar-refractivity contribution < 1.29 is 19.7 Å². The van der Waals surface area contributed by atoms with E-state index in [1.54, 1.807) is 12.1 Å². The predicted molar refractivity (Wildman–Crippen MR) is 52.0 cm³/mol. The minimum absolute atomic E-state index is 0.130. The molecule has 1 aliphatic rings. The molecule has 0 amide bonds. The van der Waals surface area contributed by atoms with Crippen molar-refractivity contribution in [2.75, 3.05) is 6.54 Å². The number of carbonyl (C=O) groups is 1. The molecule has 0 bridgehead atoms. The molecule has 0 aliphatic carbocycles. The molecule has 1 atom stereocenters. The minimum Gasteiger partial charge on any atom is -0.508 e. The topological polar surface area (TPSA) is 79.1 Å². The molecule has 0 fully saturated rings. The van der Waals surface area contributed by atoms with E-state index in [4.69, 9.17) is 14.9 Å². The molecule has 2 N–H and O–H groups in total. The van der Waals surface area contributed by atoms with Gasteiger partial charge in [0, 0.05) is 5.56 Å². The maximum absolute atomic E-state index is 10.6. The van der Waals surface area contributed by atoms with Crippen LogP contribution in [0, 0.1) is 0 Å². The van der Waals surface area contributed by atoms with Gasteiger partial charge in [0.15, 0.2) is 0 Å². The number of carboxylic acids is 1. The predicted octanol–water partition coefficient (Wildman–Crippen LogP) is 0.622. The van der Waals surface area contributed by atoms with Crippen molar-refractivity contribution >= 4 is 11.9 Å². The first kappa shape index (κ1) is 9.51. The zero-order valence-corrected chi connectivity index (χ0v) is 7.75. The zero-order valence-electron chi connectivity index (χ0n) is 7.75. The van der Waals surface area contributed by atoms with Crippen molar-refractivity contribution in [1.82, 2.24) is 0 Å². The second-order valence-electron chi connectivity index (χ2n) is 3.14. The van der Waals surface area contributed by atoms with E-state index in [9.17, 15) is 4.79 Å². The van der Waals surface area contributed by atoms with Crippen molar-refractivity contribution in [3.63, 3.8) is 0 Å². The number of benzene rings is 1. The molecule has 1 aromatic carbocycles. The van der Waals surface area contributed by atoms with Crippen LogP contribution in [-0.4, -0.2) is 34.7 Å². The number of ether oxygens (including phenoxy) is 1. The van der Waals surface area contributed by atoms with Gasteiger partial charge in [-0.3, -0.25) is 0 Å². The molecule has 0 spiro atoms. The summed E-state index contributed by atoms with van der Waals surface area (Å²) in [6.45, 7) is 0.130. The van der Waals surface area contributed by atoms with E-state index in [0.29, 0.717) is 11.5 Å². The molecule has 15 heavy (non-hydrogen) atoms. The van der Waals surface area contributed by atoms with Crippen LogP contribution in [0.4, 0.5) is 0 Å². The molecule has 1 aliphatic heterocycles. The van der Waals surface area contributed by atoms with Crippen molar-refractivity contribution in [2.24, 2.45) is 4.99 Å². The second-order valence-corrected chi connectivity index (χ2v) is 3.14. The fourth-order valence-electron chi connectivity index (χ4n) is 1.27. The molecular formula is C10H9NO4. The minimum atomic E-state index is -1.02. The summed E-state index contributed by atoms with van der Waals surface area (Å²) in [5.41, 5.74) is 0.663. The third kappa shape index (κ3) is 1.90. The Labute approximate surface area is 85.6 Å². The van der Waals surface area contributed by atoms with Crippen molar-refractivity contribution in [3.8, 4) is 5.75 Å². The standard InChI is InChI=1S/C10H9NO4/c12-7-3-1-6(2-4-7)9-11-5-8(15-9)10(13)14/h1-4,8,12H,5H2,(H,13,14). The average Bonchev–Trinajstić information content (AvgIpc) is 2.68. The lowest BCUT2D eigenvalue weighted by atomic mass is 10.2. The first-order valence-corrected chi connectivity index (χ1v) is 4.40. The highest BCUT2D eigenvalue weighted by Crippen LogP contribution is 2.15. The van der Waals surface area contributed by atoms with E-state index in [-0.39, 0.29) is 12.3 Å². The summed E-state index contributed by atoms with van der Waals surface area (Å²) < 4.78 is 5.12. The molecule has 5 heteroatoms. The second kappa shape index (κ2) is 3.61. The summed E-state index contributed by atoms with van der Waals surface area (Å²) in [7, 11) is 0. The van der Waals surface area contributed by atoms with Crippen molar-refractivity contribution in [1.29, 1.82) is 0 Å². The Hall–Kier alpha value is -2.04. The van der Waals surface area contributed by atoms with Crippen LogP contribution in [0.3, 0.4) is 0 Å². The van der Waals surface area contributed by atoms with E-state index in [0.717, 1.165) is 0 Å². The molecule has 0 aromatic heterocycles. The van der Waals surface area contributed by atoms with Gasteiger partial charge in [-0.25, -0.2) is 9.79 Å². The Balaban J connectivity index is 2.14. The quantitative estimate of drug-likeness (QED) is 0.745. The van der Waals surface area contributed by atoms with Gasteiger partial charge < -0.3 is 14.9 Å². The van der Waals surface area contributed by atoms with Gasteiger partial charge in [0.25, 0.3) is 0 Å². The van der Waals surface area contributed by atoms with Gasteiger partial charge in [-0.1, -0.05) is 0 Å². The lowest BCUT2D eigenvalue weighted by Gasteiger charge is -2.06. The van der Waals surface area contributed by atoms with Gasteiger partial charge in [0.1, 0.15) is 5.75 Å². The Morgan fingerprint density at radius 3 is 2.60 bits per heavy atom. The summed E-state index contributed by atoms with van der Waals surface area (Å²) >= 11 is 0. The smallest absolute Gasteiger partial charge is 0.346 e. The number of rotatable bonds is 2. The number of aromatic hydroxyl groups is 1. The highest BCUT2D eigenvalue weighted by molar-refractivity contribution is 5.97. The summed E-state index contributed by atoms with van der Waals surface area (Å²) in [6.07, 6.45) is -0.895. The Bertz CT molecular complexity index is 410. The van der Waals surface area contributed by atoms with Crippen molar-refractivity contribution in [3.05, 3.63) is 29.8 Å². The summed E-state index contributed by atoms with van der Waals surface area (Å²) in [5, 5.41) is 17.7. The average molecular weight is 207 g/mol. The number of hydrogen-bond acceptors (Lipinski definition) is 4. The number of nitrogens with zero attached hydrogens (tertiary/aromatic N) is 1. The van der Waals surface area contributed by atoms with Crippen LogP contribution in [0.5, 0.6) is 5.75 Å². The first-order chi connectivity index (χ1) is 7.16. The van der Waals surface area contributed by atoms with E-state index >= 15 is 0 Å². The lowest BCUT2D eigenvalue weighted by molar-refractivity contribution is -0.144. The summed E-state index contributed by atoms with van der Waals surface area (Å²) in [5.74, 6) is -0.568. The highest BCUT2D eigenvalue weighted by Gasteiger charge is 2.26. The number of phenols is 1. The van der Waals surface area contributed by atoms with E-state index < -0.39 is 12.1 Å². The SMILES string of the molecule is O=C(O)C1CN=C(c2ccc(O)cc2)O1. The molecule has 1 heterocycles. The van der Waals surface area contributed by atoms with Gasteiger partial charge in [-0.15, -0.1) is 0 Å². The lowest BCUT2D eigenvalue weighted by Crippen LogP contribution is -2.23. The maximum Gasteiger partial charge on any atom is 0.346 e. The highest BCUT2D eigenvalue weighted by atomic mass is 16.5. The largest absolute Gasteiger partial charge is 0.508 e. The van der Waals surface area contributed by atoms with Gasteiger partial charge in [0.2, 0.25) is 12.0 Å². The number of carboxylic acid groups (broad SMARTS) is 1. The van der Waals surface area contributed by atoms with E-state index in [1.807, 2.05) is 0 Å². The monoisotopic (exact) mass is 207 g/mol. The Morgan fingerprint density at radius 2 is 2.07 bits per heavy atom. The molecule has 1 unspecified atom stereocenters. The van der Waals surface area contributed by atoms with Gasteiger partial charge in [-0.2, -0.15) is 0 Å². The molecule has 0 saturated carbocycles. The fourth-order valence-corrected chi connectivity index (χ4v) is 1.27. The molecular weight excluding hydrogens is 198 g/mol. The maximum atomic E-state index is 10.6. The first-order valence-electron chi connectivity index (χ1n) is 4.40. The number of phenolic OH excluding ortho intramolecular Hbond substituents is 1. The summed E-state index contributed by atoms with van der Waals surface area (Å²) in [4.78, 5) is 14.6. The van der Waals surface area contributed by atoms with Gasteiger partial charge in [0.05, 0.1) is 6.54 Å². The third-order valence-electron chi connectivity index (χ3n) is 2.04. The fraction of sp³-hybridized carbons (Fsp3) is 0.200. The van der Waals surface area contributed by atoms with Gasteiger partial charge >= 0.3 is 5.97 Å². The Kier molecular flexibility index (Phi) is 2.29. The van der Waals surface area contributed by atoms with Crippen LogP contribution in [0.1, 0.15) is 5.56 Å². The van der Waals surface area contributed by atoms with Crippen LogP contribution >= 0.6 is 0 Å². The molecule has 1 aromatic rings. The number of hydrogen-bond donors (Lipinski definition) is 2. The molecule has 0 saturated heterocycles. The summed E-state index contributed by atoms with van der Waals surface area (Å²) in [6, 6.07) is 6.24. The van der Waals surface area contributed by atoms with E-state index in [2.05, 4.69) is 4.99 Å². The molecule has 78 valence electrons. The number of aliphatic imine (C=N–C) groups is 1. The van der Waals surface area contributed by atoms with Crippen LogP contribution in [0.15, 0.2) is 29.3 Å². The van der Waals surface area contributed by atoms with Crippen LogP contribution in [0.2, 0.25) is 0 Å². The van der Waals surface area contributed by atoms with Crippen LogP contribution in [-0.2, 0) is 9.53 Å². The van der Waals surface area contributed by atoms with Crippen LogP contribution < -0.4 is 0 Å². The van der Waals surface area contributed by atoms with Crippen molar-refractivity contribution in [2.45, 2.75) is 6.10 Å². The number of aliphatic carboxylic acids is 1. The Morgan fingerprint density at radius 1 is 1.40 bits per heavy atom. The third-order valence-corrected chi connectivity index (χ3v) is 2.04.